The number of hydrogen-bond donors (Lipinski definition) is 0. The van der Waals surface area contributed by atoms with Crippen molar-refractivity contribution in [1.82, 2.24) is 9.38 Å². The number of aromatic nitrogens is 2. The number of rotatable bonds is 1. The van der Waals surface area contributed by atoms with Gasteiger partial charge in [-0.2, -0.15) is 0 Å². The molecule has 98 valence electrons. The van der Waals surface area contributed by atoms with Crippen molar-refractivity contribution in [3.8, 4) is 0 Å². The van der Waals surface area contributed by atoms with Crippen molar-refractivity contribution in [3.05, 3.63) is 47.9 Å². The molecule has 3 aromatic rings. The van der Waals surface area contributed by atoms with Crippen molar-refractivity contribution in [3.63, 3.8) is 0 Å². The molecular formula is C17H20N2. The van der Waals surface area contributed by atoms with Gasteiger partial charge in [0.1, 0.15) is 5.65 Å². The van der Waals surface area contributed by atoms with Gasteiger partial charge < -0.3 is 4.40 Å². The SMILES string of the molecule is Cc1ccc2c(ccn3c(CC(C)(C)C)cnc23)c1. The topological polar surface area (TPSA) is 17.3 Å². The third kappa shape index (κ3) is 2.23. The Bertz CT molecular complexity index is 745. The standard InChI is InChI=1S/C17H20N2/c1-12-5-6-15-13(9-12)7-8-19-14(10-17(2,3)4)11-18-16(15)19/h5-9,11H,10H2,1-4H3. The molecule has 2 nitrogen and oxygen atoms in total. The minimum Gasteiger partial charge on any atom is -0.304 e. The molecule has 0 N–H and O–H groups in total. The Balaban J connectivity index is 2.23. The van der Waals surface area contributed by atoms with Crippen molar-refractivity contribution < 1.29 is 0 Å². The number of aryl methyl sites for hydroxylation is 1. The van der Waals surface area contributed by atoms with E-state index in [0.717, 1.165) is 12.1 Å². The molecule has 1 aromatic carbocycles. The average Bonchev–Trinajstić information content (AvgIpc) is 2.70. The summed E-state index contributed by atoms with van der Waals surface area (Å²) < 4.78 is 2.23. The van der Waals surface area contributed by atoms with E-state index in [9.17, 15) is 0 Å². The highest BCUT2D eigenvalue weighted by atomic mass is 15.0. The molecule has 0 amide bonds. The third-order valence-corrected chi connectivity index (χ3v) is 3.44. The fourth-order valence-electron chi connectivity index (χ4n) is 2.61. The molecule has 0 saturated heterocycles. The number of nitrogens with zero attached hydrogens (tertiary/aromatic N) is 2. The van der Waals surface area contributed by atoms with E-state index in [2.05, 4.69) is 67.5 Å². The minimum absolute atomic E-state index is 0.276. The van der Waals surface area contributed by atoms with Crippen molar-refractivity contribution in [2.24, 2.45) is 5.41 Å². The fourth-order valence-corrected chi connectivity index (χ4v) is 2.61. The van der Waals surface area contributed by atoms with E-state index in [1.807, 2.05) is 6.20 Å². The van der Waals surface area contributed by atoms with Gasteiger partial charge in [0.25, 0.3) is 0 Å². The molecule has 0 spiro atoms. The van der Waals surface area contributed by atoms with Crippen LogP contribution in [0.4, 0.5) is 0 Å². The summed E-state index contributed by atoms with van der Waals surface area (Å²) in [6, 6.07) is 8.73. The molecule has 0 radical (unpaired) electrons. The Morgan fingerprint density at radius 2 is 1.95 bits per heavy atom. The number of fused-ring (bicyclic) bond motifs is 3. The highest BCUT2D eigenvalue weighted by molar-refractivity contribution is 5.94. The Labute approximate surface area is 114 Å². The summed E-state index contributed by atoms with van der Waals surface area (Å²) in [5, 5.41) is 2.49. The maximum atomic E-state index is 4.62. The number of imidazole rings is 1. The van der Waals surface area contributed by atoms with Crippen molar-refractivity contribution in [2.75, 3.05) is 0 Å². The lowest BCUT2D eigenvalue weighted by molar-refractivity contribution is 0.405. The third-order valence-electron chi connectivity index (χ3n) is 3.44. The van der Waals surface area contributed by atoms with Crippen LogP contribution < -0.4 is 0 Å². The van der Waals surface area contributed by atoms with Gasteiger partial charge in [0.2, 0.25) is 0 Å². The fraction of sp³-hybridized carbons (Fsp3) is 0.353. The second-order valence-corrected chi connectivity index (χ2v) is 6.59. The Kier molecular flexibility index (Phi) is 2.63. The summed E-state index contributed by atoms with van der Waals surface area (Å²) in [6.45, 7) is 8.91. The van der Waals surface area contributed by atoms with E-state index in [1.165, 1.54) is 22.0 Å². The van der Waals surface area contributed by atoms with E-state index >= 15 is 0 Å². The van der Waals surface area contributed by atoms with Gasteiger partial charge in [0.15, 0.2) is 0 Å². The van der Waals surface area contributed by atoms with E-state index in [1.54, 1.807) is 0 Å². The minimum atomic E-state index is 0.276. The van der Waals surface area contributed by atoms with Gasteiger partial charge in [0.05, 0.1) is 0 Å². The largest absolute Gasteiger partial charge is 0.304 e. The van der Waals surface area contributed by atoms with Gasteiger partial charge in [-0.15, -0.1) is 0 Å². The van der Waals surface area contributed by atoms with Gasteiger partial charge in [-0.1, -0.05) is 44.5 Å². The van der Waals surface area contributed by atoms with E-state index < -0.39 is 0 Å². The number of pyridine rings is 1. The molecule has 2 heteroatoms. The molecule has 0 bridgehead atoms. The van der Waals surface area contributed by atoms with Crippen molar-refractivity contribution in [1.29, 1.82) is 0 Å². The van der Waals surface area contributed by atoms with Crippen LogP contribution in [0, 0.1) is 12.3 Å². The smallest absolute Gasteiger partial charge is 0.144 e. The second kappa shape index (κ2) is 4.09. The first kappa shape index (κ1) is 12.2. The first-order valence-electron chi connectivity index (χ1n) is 6.79. The molecule has 3 rings (SSSR count). The summed E-state index contributed by atoms with van der Waals surface area (Å²) in [5.41, 5.74) is 3.91. The van der Waals surface area contributed by atoms with Crippen LogP contribution in [0.1, 0.15) is 32.0 Å². The Morgan fingerprint density at radius 3 is 2.68 bits per heavy atom. The normalized spacial score (nSPS) is 12.4. The van der Waals surface area contributed by atoms with Crippen molar-refractivity contribution in [2.45, 2.75) is 34.1 Å². The predicted octanol–water partition coefficient (Wildman–Crippen LogP) is 4.38. The van der Waals surface area contributed by atoms with Crippen LogP contribution in [-0.2, 0) is 6.42 Å². The summed E-state index contributed by atoms with van der Waals surface area (Å²) in [5.74, 6) is 0. The number of hydrogen-bond acceptors (Lipinski definition) is 1. The highest BCUT2D eigenvalue weighted by Crippen LogP contribution is 2.25. The quantitative estimate of drug-likeness (QED) is 0.628. The molecule has 2 heterocycles. The van der Waals surface area contributed by atoms with E-state index in [-0.39, 0.29) is 5.41 Å². The van der Waals surface area contributed by atoms with Crippen LogP contribution in [0.3, 0.4) is 0 Å². The summed E-state index contributed by atoms with van der Waals surface area (Å²) in [4.78, 5) is 4.62. The molecule has 0 saturated carbocycles. The van der Waals surface area contributed by atoms with Gasteiger partial charge in [-0.3, -0.25) is 0 Å². The molecule has 0 aliphatic rings. The van der Waals surface area contributed by atoms with Crippen LogP contribution in [-0.4, -0.2) is 9.38 Å². The second-order valence-electron chi connectivity index (χ2n) is 6.59. The van der Waals surface area contributed by atoms with Crippen LogP contribution in [0.5, 0.6) is 0 Å². The number of benzene rings is 1. The van der Waals surface area contributed by atoms with Crippen LogP contribution >= 0.6 is 0 Å². The summed E-state index contributed by atoms with van der Waals surface area (Å²) in [6.07, 6.45) is 5.19. The summed E-state index contributed by atoms with van der Waals surface area (Å²) >= 11 is 0. The van der Waals surface area contributed by atoms with Crippen LogP contribution in [0.25, 0.3) is 16.4 Å². The maximum absolute atomic E-state index is 4.62. The molecule has 0 aliphatic heterocycles. The van der Waals surface area contributed by atoms with Crippen molar-refractivity contribution >= 4 is 16.4 Å². The molecule has 0 unspecified atom stereocenters. The lowest BCUT2D eigenvalue weighted by Gasteiger charge is -2.17. The molecule has 0 atom stereocenters. The van der Waals surface area contributed by atoms with Gasteiger partial charge >= 0.3 is 0 Å². The van der Waals surface area contributed by atoms with E-state index in [0.29, 0.717) is 0 Å². The average molecular weight is 252 g/mol. The van der Waals surface area contributed by atoms with E-state index in [4.69, 9.17) is 0 Å². The first-order chi connectivity index (χ1) is 8.94. The highest BCUT2D eigenvalue weighted by Gasteiger charge is 2.15. The molecule has 19 heavy (non-hydrogen) atoms. The lowest BCUT2D eigenvalue weighted by atomic mass is 9.91. The zero-order valence-electron chi connectivity index (χ0n) is 12.1. The van der Waals surface area contributed by atoms with Gasteiger partial charge in [-0.25, -0.2) is 4.98 Å². The summed E-state index contributed by atoms with van der Waals surface area (Å²) in [7, 11) is 0. The lowest BCUT2D eigenvalue weighted by Crippen LogP contribution is -2.10. The van der Waals surface area contributed by atoms with Gasteiger partial charge in [0, 0.05) is 23.5 Å². The molecule has 0 fully saturated rings. The monoisotopic (exact) mass is 252 g/mol. The Hall–Kier alpha value is -1.83. The molecule has 2 aromatic heterocycles. The first-order valence-corrected chi connectivity index (χ1v) is 6.79. The van der Waals surface area contributed by atoms with Crippen LogP contribution in [0.2, 0.25) is 0 Å². The molecular weight excluding hydrogens is 232 g/mol. The maximum Gasteiger partial charge on any atom is 0.144 e. The zero-order valence-corrected chi connectivity index (χ0v) is 12.1. The van der Waals surface area contributed by atoms with Crippen LogP contribution in [0.15, 0.2) is 36.7 Å². The van der Waals surface area contributed by atoms with Gasteiger partial charge in [-0.05, 0) is 30.2 Å². The molecule has 0 aliphatic carbocycles. The predicted molar refractivity (Wildman–Crippen MR) is 80.6 cm³/mol. The Morgan fingerprint density at radius 1 is 1.16 bits per heavy atom. The zero-order chi connectivity index (χ0) is 13.6.